The Bertz CT molecular complexity index is 338. The predicted octanol–water partition coefficient (Wildman–Crippen LogP) is 3.20. The maximum Gasteiger partial charge on any atom is 0.321 e. The molecule has 0 aliphatic heterocycles. The summed E-state index contributed by atoms with van der Waals surface area (Å²) < 4.78 is 5.33. The van der Waals surface area contributed by atoms with E-state index in [1.54, 1.807) is 11.8 Å². The van der Waals surface area contributed by atoms with Crippen LogP contribution in [0.4, 0.5) is 0 Å². The minimum Gasteiger partial charge on any atom is -0.463 e. The van der Waals surface area contributed by atoms with Gasteiger partial charge in [0, 0.05) is 5.25 Å². The van der Waals surface area contributed by atoms with Crippen LogP contribution in [0.2, 0.25) is 5.28 Å². The third-order valence-electron chi connectivity index (χ3n) is 1.88. The number of ether oxygens (including phenoxy) is 1. The molecule has 0 aromatic carbocycles. The van der Waals surface area contributed by atoms with Gasteiger partial charge in [-0.15, -0.1) is 0 Å². The van der Waals surface area contributed by atoms with Gasteiger partial charge in [0.1, 0.15) is 0 Å². The van der Waals surface area contributed by atoms with Crippen LogP contribution in [0.1, 0.15) is 33.6 Å². The van der Waals surface area contributed by atoms with Crippen molar-refractivity contribution in [2.75, 3.05) is 6.61 Å². The van der Waals surface area contributed by atoms with Crippen molar-refractivity contribution in [3.8, 4) is 6.01 Å². The largest absolute Gasteiger partial charge is 0.463 e. The van der Waals surface area contributed by atoms with E-state index in [0.29, 0.717) is 23.0 Å². The molecule has 16 heavy (non-hydrogen) atoms. The molecule has 1 aromatic rings. The fraction of sp³-hybridized carbons (Fsp3) is 0.700. The van der Waals surface area contributed by atoms with E-state index < -0.39 is 0 Å². The van der Waals surface area contributed by atoms with E-state index in [2.05, 4.69) is 28.8 Å². The summed E-state index contributed by atoms with van der Waals surface area (Å²) in [5.74, 6) is 0. The Morgan fingerprint density at radius 1 is 1.31 bits per heavy atom. The van der Waals surface area contributed by atoms with Crippen molar-refractivity contribution in [3.63, 3.8) is 0 Å². The SMILES string of the molecule is CCCOc1nc(Cl)nc(SC(C)CC)n1. The molecular weight excluding hydrogens is 246 g/mol. The number of hydrogen-bond acceptors (Lipinski definition) is 5. The standard InChI is InChI=1S/C10H16ClN3OS/c1-4-6-15-9-12-8(11)13-10(14-9)16-7(3)5-2/h7H,4-6H2,1-3H3. The highest BCUT2D eigenvalue weighted by molar-refractivity contribution is 7.99. The number of thioether (sulfide) groups is 1. The zero-order valence-corrected chi connectivity index (χ0v) is 11.3. The molecule has 0 N–H and O–H groups in total. The zero-order chi connectivity index (χ0) is 12.0. The Morgan fingerprint density at radius 3 is 2.69 bits per heavy atom. The first-order valence-electron chi connectivity index (χ1n) is 5.36. The minimum absolute atomic E-state index is 0.187. The number of hydrogen-bond donors (Lipinski definition) is 0. The molecule has 1 unspecified atom stereocenters. The van der Waals surface area contributed by atoms with Gasteiger partial charge in [-0.3, -0.25) is 0 Å². The van der Waals surface area contributed by atoms with Gasteiger partial charge in [-0.2, -0.15) is 15.0 Å². The smallest absolute Gasteiger partial charge is 0.321 e. The molecule has 0 amide bonds. The van der Waals surface area contributed by atoms with Crippen LogP contribution in [0.15, 0.2) is 5.16 Å². The van der Waals surface area contributed by atoms with E-state index in [-0.39, 0.29) is 5.28 Å². The highest BCUT2D eigenvalue weighted by atomic mass is 35.5. The average Bonchev–Trinajstić information content (AvgIpc) is 2.25. The third kappa shape index (κ3) is 4.53. The Balaban J connectivity index is 2.73. The normalized spacial score (nSPS) is 12.5. The molecule has 1 heterocycles. The maximum absolute atomic E-state index is 5.80. The van der Waals surface area contributed by atoms with Gasteiger partial charge in [0.15, 0.2) is 5.16 Å². The number of aromatic nitrogens is 3. The lowest BCUT2D eigenvalue weighted by atomic mass is 10.4. The molecule has 0 radical (unpaired) electrons. The molecule has 0 saturated heterocycles. The average molecular weight is 262 g/mol. The summed E-state index contributed by atoms with van der Waals surface area (Å²) in [6.07, 6.45) is 1.97. The van der Waals surface area contributed by atoms with E-state index in [0.717, 1.165) is 12.8 Å². The molecule has 0 aliphatic carbocycles. The molecule has 1 rings (SSSR count). The van der Waals surface area contributed by atoms with Crippen LogP contribution >= 0.6 is 23.4 Å². The molecule has 1 atom stereocenters. The molecule has 6 heteroatoms. The summed E-state index contributed by atoms with van der Waals surface area (Å²) in [7, 11) is 0. The van der Waals surface area contributed by atoms with Gasteiger partial charge < -0.3 is 4.74 Å². The summed E-state index contributed by atoms with van der Waals surface area (Å²) in [6.45, 7) is 6.86. The predicted molar refractivity (Wildman–Crippen MR) is 66.2 cm³/mol. The molecule has 90 valence electrons. The monoisotopic (exact) mass is 261 g/mol. The highest BCUT2D eigenvalue weighted by Crippen LogP contribution is 2.23. The van der Waals surface area contributed by atoms with Crippen LogP contribution in [-0.4, -0.2) is 26.8 Å². The molecule has 4 nitrogen and oxygen atoms in total. The first-order valence-corrected chi connectivity index (χ1v) is 6.62. The summed E-state index contributed by atoms with van der Waals surface area (Å²) in [4.78, 5) is 12.2. The molecule has 0 bridgehead atoms. The van der Waals surface area contributed by atoms with Crippen LogP contribution in [0.5, 0.6) is 6.01 Å². The molecule has 0 fully saturated rings. The van der Waals surface area contributed by atoms with Crippen LogP contribution in [0, 0.1) is 0 Å². The van der Waals surface area contributed by atoms with E-state index in [9.17, 15) is 0 Å². The van der Waals surface area contributed by atoms with Crippen LogP contribution in [-0.2, 0) is 0 Å². The molecule has 1 aromatic heterocycles. The fourth-order valence-corrected chi connectivity index (χ4v) is 1.89. The van der Waals surface area contributed by atoms with Crippen LogP contribution in [0.25, 0.3) is 0 Å². The van der Waals surface area contributed by atoms with Gasteiger partial charge >= 0.3 is 6.01 Å². The second-order valence-electron chi connectivity index (χ2n) is 3.35. The summed E-state index contributed by atoms with van der Waals surface area (Å²) in [5.41, 5.74) is 0. The van der Waals surface area contributed by atoms with Crippen molar-refractivity contribution in [3.05, 3.63) is 5.28 Å². The lowest BCUT2D eigenvalue weighted by molar-refractivity contribution is 0.288. The Hall–Kier alpha value is -0.550. The second-order valence-corrected chi connectivity index (χ2v) is 5.10. The lowest BCUT2D eigenvalue weighted by Crippen LogP contribution is -2.04. The zero-order valence-electron chi connectivity index (χ0n) is 9.73. The summed E-state index contributed by atoms with van der Waals surface area (Å²) >= 11 is 7.38. The molecule has 0 aliphatic rings. The van der Waals surface area contributed by atoms with Crippen LogP contribution < -0.4 is 4.74 Å². The van der Waals surface area contributed by atoms with Crippen LogP contribution in [0.3, 0.4) is 0 Å². The van der Waals surface area contributed by atoms with E-state index in [1.165, 1.54) is 0 Å². The van der Waals surface area contributed by atoms with E-state index in [4.69, 9.17) is 16.3 Å². The van der Waals surface area contributed by atoms with Gasteiger partial charge in [-0.05, 0) is 24.4 Å². The number of rotatable bonds is 6. The molecule has 0 saturated carbocycles. The highest BCUT2D eigenvalue weighted by Gasteiger charge is 2.09. The Kier molecular flexibility index (Phi) is 5.84. The van der Waals surface area contributed by atoms with Gasteiger partial charge in [-0.25, -0.2) is 0 Å². The molecule has 0 spiro atoms. The van der Waals surface area contributed by atoms with Crippen molar-refractivity contribution in [2.45, 2.75) is 44.0 Å². The number of nitrogens with zero attached hydrogens (tertiary/aromatic N) is 3. The second kappa shape index (κ2) is 6.91. The van der Waals surface area contributed by atoms with Crippen molar-refractivity contribution >= 4 is 23.4 Å². The Labute approximate surface area is 105 Å². The first kappa shape index (κ1) is 13.5. The van der Waals surface area contributed by atoms with Crippen molar-refractivity contribution in [1.29, 1.82) is 0 Å². The number of halogens is 1. The third-order valence-corrected chi connectivity index (χ3v) is 3.18. The van der Waals surface area contributed by atoms with E-state index in [1.807, 2.05) is 6.92 Å². The summed E-state index contributed by atoms with van der Waals surface area (Å²) in [5, 5.41) is 1.27. The van der Waals surface area contributed by atoms with Gasteiger partial charge in [0.2, 0.25) is 5.28 Å². The lowest BCUT2D eigenvalue weighted by Gasteiger charge is -2.08. The Morgan fingerprint density at radius 2 is 2.06 bits per heavy atom. The van der Waals surface area contributed by atoms with Crippen molar-refractivity contribution in [1.82, 2.24) is 15.0 Å². The van der Waals surface area contributed by atoms with Gasteiger partial charge in [0.05, 0.1) is 6.61 Å². The minimum atomic E-state index is 0.187. The quantitative estimate of drug-likeness (QED) is 0.736. The van der Waals surface area contributed by atoms with E-state index >= 15 is 0 Å². The molecular formula is C10H16ClN3OS. The fourth-order valence-electron chi connectivity index (χ4n) is 0.889. The topological polar surface area (TPSA) is 47.9 Å². The maximum atomic E-state index is 5.80. The van der Waals surface area contributed by atoms with Crippen molar-refractivity contribution in [2.24, 2.45) is 0 Å². The first-order chi connectivity index (χ1) is 7.65. The van der Waals surface area contributed by atoms with Gasteiger partial charge in [0.25, 0.3) is 0 Å². The van der Waals surface area contributed by atoms with Gasteiger partial charge in [-0.1, -0.05) is 32.5 Å². The summed E-state index contributed by atoms with van der Waals surface area (Å²) in [6, 6.07) is 0.313. The van der Waals surface area contributed by atoms with Crippen molar-refractivity contribution < 1.29 is 4.74 Å².